The van der Waals surface area contributed by atoms with Gasteiger partial charge < -0.3 is 27.8 Å². The van der Waals surface area contributed by atoms with Crippen LogP contribution in [0.25, 0.3) is 10.8 Å². The van der Waals surface area contributed by atoms with Crippen molar-refractivity contribution in [1.82, 2.24) is 0 Å². The lowest BCUT2D eigenvalue weighted by atomic mass is 10.1. The van der Waals surface area contributed by atoms with Crippen molar-refractivity contribution in [1.29, 1.82) is 0 Å². The molecule has 8 N–H and O–H groups in total. The molecule has 0 unspecified atom stereocenters. The molecular formula is C26H25N5O3. The summed E-state index contributed by atoms with van der Waals surface area (Å²) in [6, 6.07) is 24.7. The molecule has 0 aromatic heterocycles. The highest BCUT2D eigenvalue weighted by molar-refractivity contribution is 6.12. The Bertz CT molecular complexity index is 1350. The molecule has 0 aliphatic heterocycles. The summed E-state index contributed by atoms with van der Waals surface area (Å²) in [5.41, 5.74) is 19.6. The quantitative estimate of drug-likeness (QED) is 0.294. The SMILES string of the molecule is CC(=O)Nc1ccc(N)c2ccccc12.NC(=O)c1ccc(N)cc1C(=O)Nc1ccccc1. The van der Waals surface area contributed by atoms with E-state index < -0.39 is 11.8 Å². The summed E-state index contributed by atoms with van der Waals surface area (Å²) < 4.78 is 0. The highest BCUT2D eigenvalue weighted by Crippen LogP contribution is 2.27. The van der Waals surface area contributed by atoms with Crippen LogP contribution in [0.2, 0.25) is 0 Å². The maximum atomic E-state index is 12.1. The van der Waals surface area contributed by atoms with Gasteiger partial charge in [0, 0.05) is 40.4 Å². The van der Waals surface area contributed by atoms with E-state index in [1.54, 1.807) is 30.3 Å². The number of nitrogens with two attached hydrogens (primary N) is 3. The number of nitrogen functional groups attached to an aromatic ring is 2. The van der Waals surface area contributed by atoms with Gasteiger partial charge in [0.1, 0.15) is 0 Å². The maximum absolute atomic E-state index is 12.1. The van der Waals surface area contributed by atoms with Crippen LogP contribution in [0.3, 0.4) is 0 Å². The van der Waals surface area contributed by atoms with Gasteiger partial charge in [-0.25, -0.2) is 0 Å². The van der Waals surface area contributed by atoms with Crippen LogP contribution in [-0.4, -0.2) is 17.7 Å². The maximum Gasteiger partial charge on any atom is 0.256 e. The van der Waals surface area contributed by atoms with Crippen molar-refractivity contribution in [2.75, 3.05) is 22.1 Å². The number of anilines is 4. The monoisotopic (exact) mass is 455 g/mol. The van der Waals surface area contributed by atoms with Gasteiger partial charge in [0.2, 0.25) is 11.8 Å². The van der Waals surface area contributed by atoms with E-state index in [2.05, 4.69) is 10.6 Å². The van der Waals surface area contributed by atoms with Crippen molar-refractivity contribution < 1.29 is 14.4 Å². The van der Waals surface area contributed by atoms with Crippen LogP contribution in [0.5, 0.6) is 0 Å². The molecule has 0 atom stereocenters. The van der Waals surface area contributed by atoms with Gasteiger partial charge in [-0.05, 0) is 42.5 Å². The number of nitrogens with one attached hydrogen (secondary N) is 2. The molecule has 0 heterocycles. The Morgan fingerprint density at radius 2 is 1.35 bits per heavy atom. The van der Waals surface area contributed by atoms with Crippen molar-refractivity contribution in [2.45, 2.75) is 6.92 Å². The fraction of sp³-hybridized carbons (Fsp3) is 0.0385. The van der Waals surface area contributed by atoms with Gasteiger partial charge in [0.05, 0.1) is 11.1 Å². The first-order valence-corrected chi connectivity index (χ1v) is 10.4. The highest BCUT2D eigenvalue weighted by atomic mass is 16.2. The lowest BCUT2D eigenvalue weighted by Gasteiger charge is -2.09. The first-order valence-electron chi connectivity index (χ1n) is 10.4. The van der Waals surface area contributed by atoms with Gasteiger partial charge in [-0.3, -0.25) is 14.4 Å². The molecular weight excluding hydrogens is 430 g/mol. The Balaban J connectivity index is 0.000000196. The third-order valence-corrected chi connectivity index (χ3v) is 4.85. The van der Waals surface area contributed by atoms with E-state index in [4.69, 9.17) is 17.2 Å². The van der Waals surface area contributed by atoms with Gasteiger partial charge in [-0.1, -0.05) is 42.5 Å². The summed E-state index contributed by atoms with van der Waals surface area (Å²) in [5.74, 6) is -1.17. The first-order chi connectivity index (χ1) is 16.3. The molecule has 0 bridgehead atoms. The molecule has 3 amide bonds. The number of carbonyl (C=O) groups excluding carboxylic acids is 3. The largest absolute Gasteiger partial charge is 0.399 e. The highest BCUT2D eigenvalue weighted by Gasteiger charge is 2.15. The molecule has 172 valence electrons. The molecule has 4 rings (SSSR count). The second-order valence-electron chi connectivity index (χ2n) is 7.42. The van der Waals surface area contributed by atoms with E-state index in [0.717, 1.165) is 22.1 Å². The zero-order chi connectivity index (χ0) is 24.7. The van der Waals surface area contributed by atoms with E-state index in [0.29, 0.717) is 11.4 Å². The van der Waals surface area contributed by atoms with Crippen LogP contribution in [0.1, 0.15) is 27.6 Å². The van der Waals surface area contributed by atoms with E-state index in [9.17, 15) is 14.4 Å². The van der Waals surface area contributed by atoms with Gasteiger partial charge in [0.25, 0.3) is 5.91 Å². The Morgan fingerprint density at radius 3 is 2.00 bits per heavy atom. The fourth-order valence-corrected chi connectivity index (χ4v) is 3.31. The molecule has 0 saturated carbocycles. The fourth-order valence-electron chi connectivity index (χ4n) is 3.31. The summed E-state index contributed by atoms with van der Waals surface area (Å²) in [6.07, 6.45) is 0. The molecule has 4 aromatic rings. The van der Waals surface area contributed by atoms with E-state index in [1.165, 1.54) is 25.1 Å². The first kappa shape index (κ1) is 23.8. The predicted molar refractivity (Wildman–Crippen MR) is 136 cm³/mol. The number of para-hydroxylation sites is 1. The molecule has 34 heavy (non-hydrogen) atoms. The molecule has 8 heteroatoms. The minimum atomic E-state index is -0.668. The minimum Gasteiger partial charge on any atom is -0.399 e. The van der Waals surface area contributed by atoms with Crippen LogP contribution in [0, 0.1) is 0 Å². The van der Waals surface area contributed by atoms with E-state index >= 15 is 0 Å². The smallest absolute Gasteiger partial charge is 0.256 e. The van der Waals surface area contributed by atoms with Crippen molar-refractivity contribution in [3.63, 3.8) is 0 Å². The van der Waals surface area contributed by atoms with E-state index in [1.807, 2.05) is 36.4 Å². The lowest BCUT2D eigenvalue weighted by Crippen LogP contribution is -2.20. The normalized spacial score (nSPS) is 10.0. The summed E-state index contributed by atoms with van der Waals surface area (Å²) in [6.45, 7) is 1.49. The number of carbonyl (C=O) groups is 3. The lowest BCUT2D eigenvalue weighted by molar-refractivity contribution is -0.114. The average Bonchev–Trinajstić information content (AvgIpc) is 2.82. The Labute approximate surface area is 196 Å². The number of benzene rings is 4. The zero-order valence-corrected chi connectivity index (χ0v) is 18.5. The standard InChI is InChI=1S/C14H13N3O2.C12H12N2O/c15-9-6-7-11(13(16)18)12(8-9)14(19)17-10-4-2-1-3-5-10;1-8(15)14-12-7-6-11(13)9-4-2-3-5-10(9)12/h1-8H,15H2,(H2,16,18)(H,17,19);2-7H,13H2,1H3,(H,14,15). The Hall–Kier alpha value is -4.85. The Morgan fingerprint density at radius 1 is 0.706 bits per heavy atom. The number of hydrogen-bond donors (Lipinski definition) is 5. The number of fused-ring (bicyclic) bond motifs is 1. The molecule has 0 saturated heterocycles. The van der Waals surface area contributed by atoms with E-state index in [-0.39, 0.29) is 17.0 Å². The Kier molecular flexibility index (Phi) is 7.45. The average molecular weight is 456 g/mol. The van der Waals surface area contributed by atoms with Crippen molar-refractivity contribution >= 4 is 51.2 Å². The summed E-state index contributed by atoms with van der Waals surface area (Å²) in [4.78, 5) is 34.4. The predicted octanol–water partition coefficient (Wildman–Crippen LogP) is 4.00. The molecule has 4 aromatic carbocycles. The topological polar surface area (TPSA) is 153 Å². The summed E-state index contributed by atoms with van der Waals surface area (Å²) in [5, 5.41) is 7.39. The number of amides is 3. The number of hydrogen-bond acceptors (Lipinski definition) is 5. The molecule has 0 aliphatic rings. The van der Waals surface area contributed by atoms with Crippen molar-refractivity contribution in [3.05, 3.63) is 96.1 Å². The number of primary amides is 1. The minimum absolute atomic E-state index is 0.0788. The molecule has 0 fully saturated rings. The van der Waals surface area contributed by atoms with Gasteiger partial charge >= 0.3 is 0 Å². The van der Waals surface area contributed by atoms with Crippen LogP contribution in [0.15, 0.2) is 84.9 Å². The second-order valence-corrected chi connectivity index (χ2v) is 7.42. The third-order valence-electron chi connectivity index (χ3n) is 4.85. The molecule has 8 nitrogen and oxygen atoms in total. The van der Waals surface area contributed by atoms with Crippen LogP contribution < -0.4 is 27.8 Å². The second kappa shape index (κ2) is 10.6. The summed E-state index contributed by atoms with van der Waals surface area (Å²) in [7, 11) is 0. The third kappa shape index (κ3) is 5.89. The van der Waals surface area contributed by atoms with Crippen LogP contribution in [0.4, 0.5) is 22.7 Å². The van der Waals surface area contributed by atoms with Gasteiger partial charge in [-0.15, -0.1) is 0 Å². The number of rotatable bonds is 4. The van der Waals surface area contributed by atoms with Crippen LogP contribution in [-0.2, 0) is 4.79 Å². The van der Waals surface area contributed by atoms with Gasteiger partial charge in [-0.2, -0.15) is 0 Å². The summed E-state index contributed by atoms with van der Waals surface area (Å²) >= 11 is 0. The molecule has 0 spiro atoms. The molecule has 0 aliphatic carbocycles. The van der Waals surface area contributed by atoms with Crippen molar-refractivity contribution in [3.8, 4) is 0 Å². The molecule has 0 radical (unpaired) electrons. The van der Waals surface area contributed by atoms with Crippen LogP contribution >= 0.6 is 0 Å². The zero-order valence-electron chi connectivity index (χ0n) is 18.5. The van der Waals surface area contributed by atoms with Gasteiger partial charge in [0.15, 0.2) is 0 Å². The van der Waals surface area contributed by atoms with Crippen molar-refractivity contribution in [2.24, 2.45) is 5.73 Å².